The zero-order chi connectivity index (χ0) is 14.8. The predicted octanol–water partition coefficient (Wildman–Crippen LogP) is 0.611. The molecule has 0 aliphatic heterocycles. The number of amides is 1. The highest BCUT2D eigenvalue weighted by Gasteiger charge is 2.05. The number of nitrogens with one attached hydrogen (secondary N) is 1. The van der Waals surface area contributed by atoms with E-state index in [9.17, 15) is 9.90 Å². The highest BCUT2D eigenvalue weighted by Crippen LogP contribution is 2.09. The lowest BCUT2D eigenvalue weighted by Gasteiger charge is -2.13. The molecular formula is C14H22N2O4. The molecule has 1 amide bonds. The number of ether oxygens (including phenoxy) is 2. The van der Waals surface area contributed by atoms with Gasteiger partial charge < -0.3 is 25.6 Å². The number of aliphatic hydroxyl groups is 1. The van der Waals surface area contributed by atoms with E-state index in [-0.39, 0.29) is 6.61 Å². The molecule has 112 valence electrons. The normalized spacial score (nSPS) is 12.1. The molecule has 6 nitrogen and oxygen atoms in total. The monoisotopic (exact) mass is 282 g/mol. The molecule has 1 atom stereocenters. The summed E-state index contributed by atoms with van der Waals surface area (Å²) in [5.74, 6) is -0.459. The molecule has 0 aliphatic rings. The van der Waals surface area contributed by atoms with Crippen LogP contribution in [0.15, 0.2) is 24.3 Å². The van der Waals surface area contributed by atoms with E-state index in [1.54, 1.807) is 24.3 Å². The van der Waals surface area contributed by atoms with E-state index in [2.05, 4.69) is 5.32 Å². The Labute approximate surface area is 118 Å². The Balaban J connectivity index is 2.20. The molecule has 1 rings (SSSR count). The van der Waals surface area contributed by atoms with Crippen LogP contribution in [-0.4, -0.2) is 50.1 Å². The number of benzene rings is 1. The predicted molar refractivity (Wildman–Crippen MR) is 76.8 cm³/mol. The molecule has 0 fully saturated rings. The van der Waals surface area contributed by atoms with Crippen LogP contribution in [0.2, 0.25) is 0 Å². The Kier molecular flexibility index (Phi) is 7.64. The summed E-state index contributed by atoms with van der Waals surface area (Å²) >= 11 is 0. The molecule has 1 aromatic carbocycles. The number of rotatable bonds is 10. The van der Waals surface area contributed by atoms with Crippen LogP contribution in [0.4, 0.5) is 5.69 Å². The fraction of sp³-hybridized carbons (Fsp3) is 0.500. The summed E-state index contributed by atoms with van der Waals surface area (Å²) in [7, 11) is 0. The molecule has 4 N–H and O–H groups in total. The Bertz CT molecular complexity index is 395. The van der Waals surface area contributed by atoms with Crippen molar-refractivity contribution in [3.05, 3.63) is 29.8 Å². The van der Waals surface area contributed by atoms with Gasteiger partial charge in [-0.2, -0.15) is 0 Å². The number of anilines is 1. The molecule has 0 spiro atoms. The summed E-state index contributed by atoms with van der Waals surface area (Å²) in [6.45, 7) is 4.20. The lowest BCUT2D eigenvalue weighted by Crippen LogP contribution is -2.25. The highest BCUT2D eigenvalue weighted by atomic mass is 16.5. The third kappa shape index (κ3) is 6.51. The smallest absolute Gasteiger partial charge is 0.248 e. The maximum absolute atomic E-state index is 10.9. The average molecular weight is 282 g/mol. The summed E-state index contributed by atoms with van der Waals surface area (Å²) in [6, 6.07) is 6.75. The lowest BCUT2D eigenvalue weighted by molar-refractivity contribution is 0.0103. The fourth-order valence-electron chi connectivity index (χ4n) is 1.53. The van der Waals surface area contributed by atoms with Gasteiger partial charge in [-0.1, -0.05) is 0 Å². The summed E-state index contributed by atoms with van der Waals surface area (Å²) in [6.07, 6.45) is -0.604. The van der Waals surface area contributed by atoms with E-state index in [0.717, 1.165) is 5.69 Å². The first kappa shape index (κ1) is 16.4. The standard InChI is InChI=1S/C14H22N2O4/c1-2-19-7-8-20-10-13(17)9-16-12-5-3-11(4-6-12)14(15)18/h3-6,13,16-17H,2,7-10H2,1H3,(H2,15,18). The second kappa shape index (κ2) is 9.30. The fourth-order valence-corrected chi connectivity index (χ4v) is 1.53. The molecule has 1 unspecified atom stereocenters. The molecule has 0 aliphatic carbocycles. The van der Waals surface area contributed by atoms with Crippen LogP contribution < -0.4 is 11.1 Å². The van der Waals surface area contributed by atoms with E-state index in [1.807, 2.05) is 6.92 Å². The third-order valence-electron chi connectivity index (χ3n) is 2.60. The van der Waals surface area contributed by atoms with Crippen molar-refractivity contribution in [3.63, 3.8) is 0 Å². The summed E-state index contributed by atoms with van der Waals surface area (Å²) in [5.41, 5.74) is 6.41. The molecule has 0 saturated carbocycles. The minimum atomic E-state index is -0.604. The van der Waals surface area contributed by atoms with Crippen molar-refractivity contribution in [2.75, 3.05) is 38.3 Å². The minimum Gasteiger partial charge on any atom is -0.389 e. The molecule has 0 bridgehead atoms. The molecule has 6 heteroatoms. The van der Waals surface area contributed by atoms with Crippen molar-refractivity contribution in [2.24, 2.45) is 5.73 Å². The number of nitrogens with two attached hydrogens (primary N) is 1. The quantitative estimate of drug-likeness (QED) is 0.547. The molecule has 0 saturated heterocycles. The van der Waals surface area contributed by atoms with Crippen molar-refractivity contribution in [3.8, 4) is 0 Å². The summed E-state index contributed by atoms with van der Waals surface area (Å²) in [4.78, 5) is 10.9. The third-order valence-corrected chi connectivity index (χ3v) is 2.60. The van der Waals surface area contributed by atoms with Crippen LogP contribution in [0.1, 0.15) is 17.3 Å². The molecule has 20 heavy (non-hydrogen) atoms. The first-order valence-corrected chi connectivity index (χ1v) is 6.60. The Morgan fingerprint density at radius 2 is 1.95 bits per heavy atom. The van der Waals surface area contributed by atoms with Crippen molar-refractivity contribution >= 4 is 11.6 Å². The largest absolute Gasteiger partial charge is 0.389 e. The van der Waals surface area contributed by atoms with Crippen molar-refractivity contribution in [2.45, 2.75) is 13.0 Å². The molecule has 0 radical (unpaired) electrons. The van der Waals surface area contributed by atoms with Gasteiger partial charge in [-0.3, -0.25) is 4.79 Å². The number of carbonyl (C=O) groups excluding carboxylic acids is 1. The molecule has 0 aromatic heterocycles. The number of hydrogen-bond acceptors (Lipinski definition) is 5. The Morgan fingerprint density at radius 1 is 1.30 bits per heavy atom. The number of aliphatic hydroxyl groups excluding tert-OH is 1. The van der Waals surface area contributed by atoms with E-state index < -0.39 is 12.0 Å². The summed E-state index contributed by atoms with van der Waals surface area (Å²) in [5, 5.41) is 12.8. The Hall–Kier alpha value is -1.63. The van der Waals surface area contributed by atoms with Gasteiger partial charge in [0.25, 0.3) is 0 Å². The van der Waals surface area contributed by atoms with Gasteiger partial charge in [0.05, 0.1) is 25.9 Å². The van der Waals surface area contributed by atoms with Crippen molar-refractivity contribution in [1.82, 2.24) is 0 Å². The number of hydrogen-bond donors (Lipinski definition) is 3. The van der Waals surface area contributed by atoms with Crippen LogP contribution in [-0.2, 0) is 9.47 Å². The first-order chi connectivity index (χ1) is 9.63. The maximum atomic E-state index is 10.9. The maximum Gasteiger partial charge on any atom is 0.248 e. The SMILES string of the molecule is CCOCCOCC(O)CNc1ccc(C(N)=O)cc1. The second-order valence-corrected chi connectivity index (χ2v) is 4.25. The lowest BCUT2D eigenvalue weighted by atomic mass is 10.2. The van der Waals surface area contributed by atoms with E-state index in [1.165, 1.54) is 0 Å². The van der Waals surface area contributed by atoms with Gasteiger partial charge in [-0.25, -0.2) is 0 Å². The zero-order valence-electron chi connectivity index (χ0n) is 11.7. The van der Waals surface area contributed by atoms with Gasteiger partial charge >= 0.3 is 0 Å². The second-order valence-electron chi connectivity index (χ2n) is 4.25. The van der Waals surface area contributed by atoms with Crippen LogP contribution >= 0.6 is 0 Å². The van der Waals surface area contributed by atoms with Gasteiger partial charge in [0.1, 0.15) is 0 Å². The topological polar surface area (TPSA) is 93.8 Å². The van der Waals surface area contributed by atoms with Crippen LogP contribution in [0, 0.1) is 0 Å². The highest BCUT2D eigenvalue weighted by molar-refractivity contribution is 5.93. The molecule has 1 aromatic rings. The van der Waals surface area contributed by atoms with E-state index in [0.29, 0.717) is 31.9 Å². The average Bonchev–Trinajstić information content (AvgIpc) is 2.45. The van der Waals surface area contributed by atoms with Gasteiger partial charge in [0, 0.05) is 24.4 Å². The van der Waals surface area contributed by atoms with Crippen molar-refractivity contribution in [1.29, 1.82) is 0 Å². The van der Waals surface area contributed by atoms with Crippen LogP contribution in [0.25, 0.3) is 0 Å². The van der Waals surface area contributed by atoms with Crippen molar-refractivity contribution < 1.29 is 19.4 Å². The van der Waals surface area contributed by atoms with Crippen LogP contribution in [0.3, 0.4) is 0 Å². The number of primary amides is 1. The zero-order valence-corrected chi connectivity index (χ0v) is 11.7. The van der Waals surface area contributed by atoms with E-state index >= 15 is 0 Å². The Morgan fingerprint density at radius 3 is 2.55 bits per heavy atom. The molecule has 0 heterocycles. The van der Waals surface area contributed by atoms with Crippen LogP contribution in [0.5, 0.6) is 0 Å². The van der Waals surface area contributed by atoms with E-state index in [4.69, 9.17) is 15.2 Å². The van der Waals surface area contributed by atoms with Gasteiger partial charge in [0.2, 0.25) is 5.91 Å². The summed E-state index contributed by atoms with van der Waals surface area (Å²) < 4.78 is 10.4. The first-order valence-electron chi connectivity index (χ1n) is 6.60. The van der Waals surface area contributed by atoms with Gasteiger partial charge in [-0.05, 0) is 31.2 Å². The molecular weight excluding hydrogens is 260 g/mol. The van der Waals surface area contributed by atoms with Gasteiger partial charge in [-0.15, -0.1) is 0 Å². The minimum absolute atomic E-state index is 0.249. The van der Waals surface area contributed by atoms with Gasteiger partial charge in [0.15, 0.2) is 0 Å². The number of carbonyl (C=O) groups is 1.